The molecule has 0 aliphatic heterocycles. The van der Waals surface area contributed by atoms with Crippen LogP contribution in [0.3, 0.4) is 0 Å². The molecule has 0 fully saturated rings. The summed E-state index contributed by atoms with van der Waals surface area (Å²) in [6.07, 6.45) is -2.74. The van der Waals surface area contributed by atoms with Crippen LogP contribution in [0.1, 0.15) is 12.5 Å². The highest BCUT2D eigenvalue weighted by Crippen LogP contribution is 2.31. The van der Waals surface area contributed by atoms with E-state index in [0.717, 1.165) is 23.9 Å². The lowest BCUT2D eigenvalue weighted by Crippen LogP contribution is -2.23. The Balaban J connectivity index is 2.80. The summed E-state index contributed by atoms with van der Waals surface area (Å²) in [6, 6.07) is 4.47. The van der Waals surface area contributed by atoms with Crippen LogP contribution in [0, 0.1) is 0 Å². The zero-order chi connectivity index (χ0) is 14.6. The Hall–Kier alpha value is -1.43. The SMILES string of the molecule is C=CC(C)SC(=O)N(C)c1ccc(C(F)(F)F)cc1. The molecule has 1 aromatic carbocycles. The number of rotatable bonds is 3. The number of hydrogen-bond acceptors (Lipinski definition) is 2. The van der Waals surface area contributed by atoms with Gasteiger partial charge in [0.2, 0.25) is 0 Å². The van der Waals surface area contributed by atoms with E-state index < -0.39 is 11.7 Å². The molecule has 0 aliphatic carbocycles. The number of amides is 1. The highest BCUT2D eigenvalue weighted by molar-refractivity contribution is 8.14. The molecule has 1 amide bonds. The summed E-state index contributed by atoms with van der Waals surface area (Å²) in [7, 11) is 1.52. The summed E-state index contributed by atoms with van der Waals surface area (Å²) in [5.74, 6) is 0. The minimum atomic E-state index is -4.37. The predicted octanol–water partition coefficient (Wildman–Crippen LogP) is 4.57. The Labute approximate surface area is 114 Å². The van der Waals surface area contributed by atoms with Crippen molar-refractivity contribution in [2.45, 2.75) is 18.3 Å². The van der Waals surface area contributed by atoms with Crippen LogP contribution in [0.2, 0.25) is 0 Å². The fourth-order valence-corrected chi connectivity index (χ4v) is 1.94. The Kier molecular flexibility index (Phi) is 5.05. The van der Waals surface area contributed by atoms with Crippen molar-refractivity contribution in [2.24, 2.45) is 0 Å². The minimum Gasteiger partial charge on any atom is -0.306 e. The molecule has 0 bridgehead atoms. The van der Waals surface area contributed by atoms with Gasteiger partial charge in [0.15, 0.2) is 0 Å². The molecule has 2 nitrogen and oxygen atoms in total. The molecule has 0 aliphatic rings. The largest absolute Gasteiger partial charge is 0.416 e. The lowest BCUT2D eigenvalue weighted by atomic mass is 10.2. The van der Waals surface area contributed by atoms with Crippen molar-refractivity contribution < 1.29 is 18.0 Å². The first-order valence-corrected chi connectivity index (χ1v) is 6.38. The number of thioether (sulfide) groups is 1. The maximum Gasteiger partial charge on any atom is 0.416 e. The quantitative estimate of drug-likeness (QED) is 0.760. The van der Waals surface area contributed by atoms with E-state index in [2.05, 4.69) is 6.58 Å². The van der Waals surface area contributed by atoms with Gasteiger partial charge in [0.25, 0.3) is 5.24 Å². The van der Waals surface area contributed by atoms with Gasteiger partial charge in [0.1, 0.15) is 0 Å². The van der Waals surface area contributed by atoms with E-state index >= 15 is 0 Å². The fraction of sp³-hybridized carbons (Fsp3) is 0.308. The van der Waals surface area contributed by atoms with Crippen molar-refractivity contribution >= 4 is 22.7 Å². The van der Waals surface area contributed by atoms with Crippen molar-refractivity contribution in [3.63, 3.8) is 0 Å². The van der Waals surface area contributed by atoms with Crippen LogP contribution in [0.25, 0.3) is 0 Å². The Bertz CT molecular complexity index is 456. The lowest BCUT2D eigenvalue weighted by molar-refractivity contribution is -0.137. The van der Waals surface area contributed by atoms with Crippen LogP contribution in [0.15, 0.2) is 36.9 Å². The van der Waals surface area contributed by atoms with E-state index in [4.69, 9.17) is 0 Å². The van der Waals surface area contributed by atoms with Gasteiger partial charge in [-0.15, -0.1) is 6.58 Å². The van der Waals surface area contributed by atoms with E-state index in [0.29, 0.717) is 5.69 Å². The van der Waals surface area contributed by atoms with Crippen LogP contribution in [-0.2, 0) is 6.18 Å². The molecular weight excluding hydrogens is 275 g/mol. The molecule has 19 heavy (non-hydrogen) atoms. The summed E-state index contributed by atoms with van der Waals surface area (Å²) >= 11 is 1.06. The number of halogens is 3. The molecular formula is C13H14F3NOS. The summed E-state index contributed by atoms with van der Waals surface area (Å²) in [5, 5.41) is -0.295. The van der Waals surface area contributed by atoms with Crippen molar-refractivity contribution in [1.82, 2.24) is 0 Å². The van der Waals surface area contributed by atoms with Gasteiger partial charge < -0.3 is 4.90 Å². The predicted molar refractivity (Wildman–Crippen MR) is 72.5 cm³/mol. The maximum absolute atomic E-state index is 12.4. The Morgan fingerprint density at radius 1 is 1.37 bits per heavy atom. The second kappa shape index (κ2) is 6.14. The zero-order valence-electron chi connectivity index (χ0n) is 10.6. The first-order valence-electron chi connectivity index (χ1n) is 5.50. The van der Waals surface area contributed by atoms with E-state index in [-0.39, 0.29) is 10.5 Å². The van der Waals surface area contributed by atoms with Gasteiger partial charge in [-0.3, -0.25) is 4.79 Å². The molecule has 1 aromatic rings. The van der Waals surface area contributed by atoms with Crippen LogP contribution < -0.4 is 4.90 Å². The highest BCUT2D eigenvalue weighted by Gasteiger charge is 2.30. The number of benzene rings is 1. The average molecular weight is 289 g/mol. The summed E-state index contributed by atoms with van der Waals surface area (Å²) in [5.41, 5.74) is -0.314. The molecule has 1 rings (SSSR count). The number of carbonyl (C=O) groups is 1. The number of hydrogen-bond donors (Lipinski definition) is 0. The van der Waals surface area contributed by atoms with Crippen molar-refractivity contribution in [3.8, 4) is 0 Å². The van der Waals surface area contributed by atoms with Gasteiger partial charge >= 0.3 is 6.18 Å². The minimum absolute atomic E-state index is 0.0515. The van der Waals surface area contributed by atoms with E-state index in [1.165, 1.54) is 24.1 Å². The Morgan fingerprint density at radius 2 is 1.89 bits per heavy atom. The zero-order valence-corrected chi connectivity index (χ0v) is 11.4. The smallest absolute Gasteiger partial charge is 0.306 e. The number of alkyl halides is 3. The molecule has 0 N–H and O–H groups in total. The van der Waals surface area contributed by atoms with E-state index in [1.807, 2.05) is 6.92 Å². The average Bonchev–Trinajstić information content (AvgIpc) is 2.36. The maximum atomic E-state index is 12.4. The van der Waals surface area contributed by atoms with Crippen molar-refractivity contribution in [2.75, 3.05) is 11.9 Å². The molecule has 0 heterocycles. The fourth-order valence-electron chi connectivity index (χ4n) is 1.27. The van der Waals surface area contributed by atoms with Crippen molar-refractivity contribution in [1.29, 1.82) is 0 Å². The van der Waals surface area contributed by atoms with Gasteiger partial charge in [0, 0.05) is 18.0 Å². The standard InChI is InChI=1S/C13H14F3NOS/c1-4-9(2)19-12(18)17(3)11-7-5-10(6-8-11)13(14,15)16/h4-9H,1H2,2-3H3. The first-order chi connectivity index (χ1) is 8.75. The van der Waals surface area contributed by atoms with Crippen LogP contribution in [-0.4, -0.2) is 17.5 Å². The molecule has 104 valence electrons. The van der Waals surface area contributed by atoms with Gasteiger partial charge in [-0.05, 0) is 31.2 Å². The van der Waals surface area contributed by atoms with Gasteiger partial charge in [-0.1, -0.05) is 17.8 Å². The van der Waals surface area contributed by atoms with E-state index in [9.17, 15) is 18.0 Å². The lowest BCUT2D eigenvalue weighted by Gasteiger charge is -2.18. The third kappa shape index (κ3) is 4.31. The summed E-state index contributed by atoms with van der Waals surface area (Å²) < 4.78 is 37.2. The van der Waals surface area contributed by atoms with Crippen LogP contribution in [0.5, 0.6) is 0 Å². The third-order valence-corrected chi connectivity index (χ3v) is 3.51. The summed E-state index contributed by atoms with van der Waals surface area (Å²) in [4.78, 5) is 13.1. The van der Waals surface area contributed by atoms with Gasteiger partial charge in [-0.25, -0.2) is 0 Å². The molecule has 1 unspecified atom stereocenters. The monoisotopic (exact) mass is 289 g/mol. The molecule has 6 heteroatoms. The summed E-state index contributed by atoms with van der Waals surface area (Å²) in [6.45, 7) is 5.38. The van der Waals surface area contributed by atoms with Crippen LogP contribution >= 0.6 is 11.8 Å². The Morgan fingerprint density at radius 3 is 2.32 bits per heavy atom. The third-order valence-electron chi connectivity index (χ3n) is 2.47. The van der Waals surface area contributed by atoms with Crippen LogP contribution in [0.4, 0.5) is 23.7 Å². The molecule has 0 aromatic heterocycles. The normalized spacial score (nSPS) is 12.9. The topological polar surface area (TPSA) is 20.3 Å². The molecule has 1 atom stereocenters. The van der Waals surface area contributed by atoms with E-state index in [1.54, 1.807) is 6.08 Å². The van der Waals surface area contributed by atoms with Gasteiger partial charge in [-0.2, -0.15) is 13.2 Å². The highest BCUT2D eigenvalue weighted by atomic mass is 32.2. The second-order valence-corrected chi connectivity index (χ2v) is 5.26. The second-order valence-electron chi connectivity index (χ2n) is 3.93. The molecule has 0 radical (unpaired) electrons. The molecule has 0 saturated heterocycles. The van der Waals surface area contributed by atoms with Crippen molar-refractivity contribution in [3.05, 3.63) is 42.5 Å². The molecule has 0 saturated carbocycles. The first kappa shape index (κ1) is 15.6. The number of anilines is 1. The number of carbonyl (C=O) groups excluding carboxylic acids is 1. The number of nitrogens with zero attached hydrogens (tertiary/aromatic N) is 1. The molecule has 0 spiro atoms. The van der Waals surface area contributed by atoms with Gasteiger partial charge in [0.05, 0.1) is 5.56 Å².